The second kappa shape index (κ2) is 10.1. The molecule has 3 aromatic rings. The third-order valence-electron chi connectivity index (χ3n) is 5.24. The standard InChI is InChI=1S/C24H29N3O3/c1-17-12-13-19(18(2)15-17)24(29)25-14-8-4-5-11-22-26-20-9-6-7-10-21(20)27(22)16-23(28)30-3/h6-7,9-10,12-13,15H,4-5,8,11,14,16H2,1-3H3,(H,25,29). The van der Waals surface area contributed by atoms with Crippen molar-refractivity contribution in [1.29, 1.82) is 0 Å². The number of benzene rings is 2. The lowest BCUT2D eigenvalue weighted by molar-refractivity contribution is -0.141. The van der Waals surface area contributed by atoms with Crippen LogP contribution in [0.1, 0.15) is 46.6 Å². The van der Waals surface area contributed by atoms with E-state index in [-0.39, 0.29) is 18.4 Å². The highest BCUT2D eigenvalue weighted by Gasteiger charge is 2.13. The van der Waals surface area contributed by atoms with Crippen LogP contribution in [-0.4, -0.2) is 35.1 Å². The number of fused-ring (bicyclic) bond motifs is 1. The van der Waals surface area contributed by atoms with Gasteiger partial charge in [-0.25, -0.2) is 4.98 Å². The maximum atomic E-state index is 12.3. The third-order valence-corrected chi connectivity index (χ3v) is 5.24. The van der Waals surface area contributed by atoms with Crippen molar-refractivity contribution in [3.05, 3.63) is 65.0 Å². The van der Waals surface area contributed by atoms with E-state index < -0.39 is 0 Å². The normalized spacial score (nSPS) is 10.9. The summed E-state index contributed by atoms with van der Waals surface area (Å²) >= 11 is 0. The van der Waals surface area contributed by atoms with Gasteiger partial charge in [-0.2, -0.15) is 0 Å². The van der Waals surface area contributed by atoms with Crippen LogP contribution in [0.4, 0.5) is 0 Å². The molecular formula is C24H29N3O3. The van der Waals surface area contributed by atoms with Crippen LogP contribution in [0.25, 0.3) is 11.0 Å². The van der Waals surface area contributed by atoms with Crippen LogP contribution >= 0.6 is 0 Å². The van der Waals surface area contributed by atoms with Gasteiger partial charge in [0.05, 0.1) is 18.1 Å². The first kappa shape index (κ1) is 21.6. The molecule has 0 radical (unpaired) electrons. The number of methoxy groups -OCH3 is 1. The number of ether oxygens (including phenoxy) is 1. The summed E-state index contributed by atoms with van der Waals surface area (Å²) in [6.07, 6.45) is 3.57. The molecule has 2 aromatic carbocycles. The van der Waals surface area contributed by atoms with Gasteiger partial charge in [-0.15, -0.1) is 0 Å². The Bertz CT molecular complexity index is 1040. The van der Waals surface area contributed by atoms with Crippen LogP contribution in [0.3, 0.4) is 0 Å². The molecule has 3 rings (SSSR count). The van der Waals surface area contributed by atoms with E-state index in [1.54, 1.807) is 0 Å². The number of hydrogen-bond acceptors (Lipinski definition) is 4. The Morgan fingerprint density at radius 1 is 1.07 bits per heavy atom. The summed E-state index contributed by atoms with van der Waals surface area (Å²) in [5, 5.41) is 3.00. The molecule has 0 atom stereocenters. The number of amides is 1. The van der Waals surface area contributed by atoms with Crippen molar-refractivity contribution < 1.29 is 14.3 Å². The maximum Gasteiger partial charge on any atom is 0.325 e. The molecule has 0 saturated carbocycles. The summed E-state index contributed by atoms with van der Waals surface area (Å²) < 4.78 is 6.76. The Morgan fingerprint density at radius 2 is 1.87 bits per heavy atom. The van der Waals surface area contributed by atoms with Crippen molar-refractivity contribution in [1.82, 2.24) is 14.9 Å². The van der Waals surface area contributed by atoms with Crippen molar-refractivity contribution in [2.45, 2.75) is 46.1 Å². The first-order valence-electron chi connectivity index (χ1n) is 10.4. The molecule has 1 heterocycles. The van der Waals surface area contributed by atoms with E-state index in [9.17, 15) is 9.59 Å². The minimum Gasteiger partial charge on any atom is -0.468 e. The van der Waals surface area contributed by atoms with Crippen LogP contribution in [0, 0.1) is 13.8 Å². The number of hydrogen-bond donors (Lipinski definition) is 1. The topological polar surface area (TPSA) is 73.2 Å². The van der Waals surface area contributed by atoms with Gasteiger partial charge in [0.25, 0.3) is 5.91 Å². The van der Waals surface area contributed by atoms with Crippen LogP contribution in [0.15, 0.2) is 42.5 Å². The van der Waals surface area contributed by atoms with E-state index in [1.165, 1.54) is 7.11 Å². The van der Waals surface area contributed by atoms with Crippen molar-refractivity contribution in [2.75, 3.05) is 13.7 Å². The number of imidazole rings is 1. The van der Waals surface area contributed by atoms with E-state index in [1.807, 2.05) is 60.9 Å². The molecule has 30 heavy (non-hydrogen) atoms. The second-order valence-corrected chi connectivity index (χ2v) is 7.56. The molecule has 0 aliphatic heterocycles. The average molecular weight is 408 g/mol. The molecule has 0 aliphatic carbocycles. The molecule has 0 fully saturated rings. The first-order chi connectivity index (χ1) is 14.5. The average Bonchev–Trinajstić information content (AvgIpc) is 3.07. The van der Waals surface area contributed by atoms with E-state index in [0.29, 0.717) is 6.54 Å². The van der Waals surface area contributed by atoms with Gasteiger partial charge in [0.1, 0.15) is 12.4 Å². The molecule has 1 amide bonds. The van der Waals surface area contributed by atoms with Crippen LogP contribution in [0.2, 0.25) is 0 Å². The minimum absolute atomic E-state index is 0.0210. The molecule has 158 valence electrons. The molecule has 1 N–H and O–H groups in total. The molecule has 0 unspecified atom stereocenters. The Hall–Kier alpha value is -3.15. The summed E-state index contributed by atoms with van der Waals surface area (Å²) in [6.45, 7) is 4.79. The van der Waals surface area contributed by atoms with Crippen LogP contribution < -0.4 is 5.32 Å². The van der Waals surface area contributed by atoms with Crippen molar-refractivity contribution in [2.24, 2.45) is 0 Å². The number of carbonyl (C=O) groups is 2. The summed E-state index contributed by atoms with van der Waals surface area (Å²) in [5.74, 6) is 0.585. The summed E-state index contributed by atoms with van der Waals surface area (Å²) in [6, 6.07) is 13.7. The lowest BCUT2D eigenvalue weighted by Crippen LogP contribution is -2.25. The van der Waals surface area contributed by atoms with E-state index in [4.69, 9.17) is 4.74 Å². The first-order valence-corrected chi connectivity index (χ1v) is 10.4. The zero-order valence-corrected chi connectivity index (χ0v) is 17.9. The Labute approximate surface area is 177 Å². The lowest BCUT2D eigenvalue weighted by atomic mass is 10.1. The Morgan fingerprint density at radius 3 is 2.63 bits per heavy atom. The zero-order chi connectivity index (χ0) is 21.5. The van der Waals surface area contributed by atoms with Crippen molar-refractivity contribution in [3.8, 4) is 0 Å². The molecular weight excluding hydrogens is 378 g/mol. The fraction of sp³-hybridized carbons (Fsp3) is 0.375. The summed E-state index contributed by atoms with van der Waals surface area (Å²) in [7, 11) is 1.40. The van der Waals surface area contributed by atoms with Crippen molar-refractivity contribution >= 4 is 22.9 Å². The van der Waals surface area contributed by atoms with Gasteiger partial charge in [0.2, 0.25) is 0 Å². The van der Waals surface area contributed by atoms with Gasteiger partial charge in [-0.05, 0) is 50.5 Å². The minimum atomic E-state index is -0.284. The number of carbonyl (C=O) groups excluding carboxylic acids is 2. The highest BCUT2D eigenvalue weighted by molar-refractivity contribution is 5.95. The Balaban J connectivity index is 1.49. The zero-order valence-electron chi connectivity index (χ0n) is 17.9. The molecule has 1 aromatic heterocycles. The number of aryl methyl sites for hydroxylation is 3. The van der Waals surface area contributed by atoms with Gasteiger partial charge >= 0.3 is 5.97 Å². The van der Waals surface area contributed by atoms with Gasteiger partial charge < -0.3 is 14.6 Å². The lowest BCUT2D eigenvalue weighted by Gasteiger charge is -2.09. The molecule has 0 saturated heterocycles. The predicted molar refractivity (Wildman–Crippen MR) is 118 cm³/mol. The molecule has 6 nitrogen and oxygen atoms in total. The second-order valence-electron chi connectivity index (χ2n) is 7.56. The number of aromatic nitrogens is 2. The number of para-hydroxylation sites is 2. The summed E-state index contributed by atoms with van der Waals surface area (Å²) in [5.41, 5.74) is 4.71. The number of nitrogens with zero attached hydrogens (tertiary/aromatic N) is 2. The van der Waals surface area contributed by atoms with Crippen molar-refractivity contribution in [3.63, 3.8) is 0 Å². The maximum absolute atomic E-state index is 12.3. The monoisotopic (exact) mass is 407 g/mol. The number of nitrogens with one attached hydrogen (secondary N) is 1. The highest BCUT2D eigenvalue weighted by atomic mass is 16.5. The molecule has 0 bridgehead atoms. The van der Waals surface area contributed by atoms with Gasteiger partial charge in [0.15, 0.2) is 0 Å². The number of esters is 1. The highest BCUT2D eigenvalue weighted by Crippen LogP contribution is 2.18. The fourth-order valence-corrected chi connectivity index (χ4v) is 3.64. The smallest absolute Gasteiger partial charge is 0.325 e. The van der Waals surface area contributed by atoms with Crippen LogP contribution in [0.5, 0.6) is 0 Å². The van der Waals surface area contributed by atoms with Gasteiger partial charge in [-0.1, -0.05) is 36.2 Å². The molecule has 0 spiro atoms. The molecule has 0 aliphatic rings. The van der Waals surface area contributed by atoms with E-state index in [2.05, 4.69) is 10.3 Å². The van der Waals surface area contributed by atoms with E-state index in [0.717, 1.165) is 59.2 Å². The predicted octanol–water partition coefficient (Wildman–Crippen LogP) is 3.97. The Kier molecular flexibility index (Phi) is 7.22. The molecule has 6 heteroatoms. The number of rotatable bonds is 9. The van der Waals surface area contributed by atoms with Gasteiger partial charge in [0, 0.05) is 18.5 Å². The third kappa shape index (κ3) is 5.26. The number of unbranched alkanes of at least 4 members (excludes halogenated alkanes) is 2. The quantitative estimate of drug-likeness (QED) is 0.430. The summed E-state index contributed by atoms with van der Waals surface area (Å²) in [4.78, 5) is 28.8. The largest absolute Gasteiger partial charge is 0.468 e. The van der Waals surface area contributed by atoms with Crippen LogP contribution in [-0.2, 0) is 22.5 Å². The SMILES string of the molecule is COC(=O)Cn1c(CCCCCNC(=O)c2ccc(C)cc2C)nc2ccccc21. The van der Waals surface area contributed by atoms with E-state index >= 15 is 0 Å². The fourth-order valence-electron chi connectivity index (χ4n) is 3.64. The van der Waals surface area contributed by atoms with Gasteiger partial charge in [-0.3, -0.25) is 9.59 Å².